The van der Waals surface area contributed by atoms with Crippen LogP contribution in [0.1, 0.15) is 27.8 Å². The number of fused-ring (bicyclic) bond motifs is 1. The highest BCUT2D eigenvalue weighted by atomic mass is 19.1. The Morgan fingerprint density at radius 1 is 1.00 bits per heavy atom. The summed E-state index contributed by atoms with van der Waals surface area (Å²) >= 11 is 0. The summed E-state index contributed by atoms with van der Waals surface area (Å²) in [6, 6.07) is 21.9. The summed E-state index contributed by atoms with van der Waals surface area (Å²) in [5, 5.41) is 8.98. The summed E-state index contributed by atoms with van der Waals surface area (Å²) in [6.45, 7) is 1.61. The van der Waals surface area contributed by atoms with Crippen LogP contribution in [0, 0.1) is 11.7 Å². The lowest BCUT2D eigenvalue weighted by Crippen LogP contribution is -2.49. The molecule has 3 aromatic rings. The number of halogens is 1. The number of carboxylic acids is 1. The summed E-state index contributed by atoms with van der Waals surface area (Å²) < 4.78 is 14.9. The predicted molar refractivity (Wildman–Crippen MR) is 118 cm³/mol. The van der Waals surface area contributed by atoms with Crippen molar-refractivity contribution in [1.82, 2.24) is 4.90 Å². The van der Waals surface area contributed by atoms with Crippen molar-refractivity contribution >= 4 is 17.4 Å². The van der Waals surface area contributed by atoms with Gasteiger partial charge in [0.25, 0.3) is 0 Å². The molecule has 1 fully saturated rings. The molecule has 31 heavy (non-hydrogen) atoms. The van der Waals surface area contributed by atoms with Crippen LogP contribution in [0.5, 0.6) is 0 Å². The summed E-state index contributed by atoms with van der Waals surface area (Å²) in [5.41, 5.74) is 6.64. The minimum atomic E-state index is -0.761. The minimum Gasteiger partial charge on any atom is -0.481 e. The molecule has 3 aromatic carbocycles. The average Bonchev–Trinajstić information content (AvgIpc) is 3.14. The van der Waals surface area contributed by atoms with Crippen LogP contribution in [0.15, 0.2) is 71.7 Å². The second kappa shape index (κ2) is 8.08. The van der Waals surface area contributed by atoms with Gasteiger partial charge in [-0.15, -0.1) is 0 Å². The van der Waals surface area contributed by atoms with Crippen molar-refractivity contribution in [1.29, 1.82) is 0 Å². The van der Waals surface area contributed by atoms with Gasteiger partial charge in [0.05, 0.1) is 17.3 Å². The van der Waals surface area contributed by atoms with Gasteiger partial charge < -0.3 is 5.11 Å². The van der Waals surface area contributed by atoms with E-state index in [0.717, 1.165) is 28.9 Å². The van der Waals surface area contributed by atoms with Crippen molar-refractivity contribution in [3.05, 3.63) is 100 Å². The molecule has 5 rings (SSSR count). The molecule has 1 N–H and O–H groups in total. The third-order valence-corrected chi connectivity index (χ3v) is 6.07. The highest BCUT2D eigenvalue weighted by Gasteiger charge is 2.32. The minimum absolute atomic E-state index is 0.274. The van der Waals surface area contributed by atoms with Crippen LogP contribution in [0.4, 0.5) is 10.1 Å². The lowest BCUT2D eigenvalue weighted by molar-refractivity contribution is -0.147. The van der Waals surface area contributed by atoms with Crippen LogP contribution in [-0.2, 0) is 24.2 Å². The van der Waals surface area contributed by atoms with E-state index in [2.05, 4.69) is 30.3 Å². The van der Waals surface area contributed by atoms with E-state index in [-0.39, 0.29) is 11.7 Å². The first-order valence-electron chi connectivity index (χ1n) is 10.5. The number of carboxylic acid groups (broad SMARTS) is 1. The van der Waals surface area contributed by atoms with E-state index in [1.807, 2.05) is 29.2 Å². The molecule has 2 aliphatic heterocycles. The number of carbonyl (C=O) groups is 1. The van der Waals surface area contributed by atoms with Crippen molar-refractivity contribution in [3.8, 4) is 0 Å². The SMILES string of the molecule is O=C(O)C1CN(Cc2ccc(C3=Nc4cc(Cc5ccccc5)ccc4C3)c(F)c2)C1. The molecule has 1 saturated heterocycles. The molecule has 4 nitrogen and oxygen atoms in total. The van der Waals surface area contributed by atoms with E-state index in [9.17, 15) is 9.18 Å². The maximum absolute atomic E-state index is 14.9. The van der Waals surface area contributed by atoms with Gasteiger partial charge in [-0.25, -0.2) is 4.39 Å². The largest absolute Gasteiger partial charge is 0.481 e. The Kier molecular flexibility index (Phi) is 5.12. The third kappa shape index (κ3) is 4.14. The molecule has 156 valence electrons. The summed E-state index contributed by atoms with van der Waals surface area (Å²) in [4.78, 5) is 17.7. The van der Waals surface area contributed by atoms with E-state index in [1.165, 1.54) is 11.1 Å². The monoisotopic (exact) mass is 414 g/mol. The number of aliphatic imine (C=N–C) groups is 1. The number of rotatable bonds is 6. The maximum Gasteiger partial charge on any atom is 0.309 e. The van der Waals surface area contributed by atoms with Gasteiger partial charge in [-0.05, 0) is 46.9 Å². The van der Waals surface area contributed by atoms with Crippen molar-refractivity contribution in [2.24, 2.45) is 10.9 Å². The first kappa shape index (κ1) is 19.6. The quantitative estimate of drug-likeness (QED) is 0.641. The molecule has 0 radical (unpaired) electrons. The molecule has 0 saturated carbocycles. The van der Waals surface area contributed by atoms with Crippen LogP contribution in [0.25, 0.3) is 0 Å². The topological polar surface area (TPSA) is 52.9 Å². The summed E-state index contributed by atoms with van der Waals surface area (Å²) in [5.74, 6) is -1.34. The van der Waals surface area contributed by atoms with Crippen LogP contribution < -0.4 is 0 Å². The van der Waals surface area contributed by atoms with E-state index in [4.69, 9.17) is 10.1 Å². The first-order chi connectivity index (χ1) is 15.0. The van der Waals surface area contributed by atoms with Crippen molar-refractivity contribution in [2.45, 2.75) is 19.4 Å². The predicted octanol–water partition coefficient (Wildman–Crippen LogP) is 4.61. The zero-order chi connectivity index (χ0) is 21.4. The Hall–Kier alpha value is -3.31. The molecule has 2 aliphatic rings. The molecule has 0 unspecified atom stereocenters. The van der Waals surface area contributed by atoms with Gasteiger partial charge in [0.15, 0.2) is 0 Å². The number of nitrogens with zero attached hydrogens (tertiary/aromatic N) is 2. The van der Waals surface area contributed by atoms with Crippen LogP contribution in [-0.4, -0.2) is 34.8 Å². The maximum atomic E-state index is 14.9. The van der Waals surface area contributed by atoms with Gasteiger partial charge in [0.2, 0.25) is 0 Å². The Bertz CT molecular complexity index is 1170. The van der Waals surface area contributed by atoms with Gasteiger partial charge in [-0.3, -0.25) is 14.7 Å². The summed E-state index contributed by atoms with van der Waals surface area (Å²) in [7, 11) is 0. The smallest absolute Gasteiger partial charge is 0.309 e. The molecule has 2 heterocycles. The molecule has 0 aliphatic carbocycles. The van der Waals surface area contributed by atoms with E-state index < -0.39 is 5.97 Å². The Balaban J connectivity index is 1.29. The lowest BCUT2D eigenvalue weighted by atomic mass is 9.98. The normalized spacial score (nSPS) is 16.0. The fourth-order valence-corrected chi connectivity index (χ4v) is 4.33. The van der Waals surface area contributed by atoms with Gasteiger partial charge in [0, 0.05) is 31.6 Å². The second-order valence-electron chi connectivity index (χ2n) is 8.40. The second-order valence-corrected chi connectivity index (χ2v) is 8.40. The fraction of sp³-hybridized carbons (Fsp3) is 0.231. The van der Waals surface area contributed by atoms with Crippen molar-refractivity contribution < 1.29 is 14.3 Å². The summed E-state index contributed by atoms with van der Waals surface area (Å²) in [6.07, 6.45) is 1.48. The zero-order valence-electron chi connectivity index (χ0n) is 17.1. The standard InChI is InChI=1S/C26H23FN2O2/c27-23-11-19(14-29-15-21(16-29)26(30)31)7-9-22(23)25-13-20-8-6-18(12-24(20)28-25)10-17-4-2-1-3-5-17/h1-9,11-12,21H,10,13-16H2,(H,30,31). The number of hydrogen-bond acceptors (Lipinski definition) is 3. The third-order valence-electron chi connectivity index (χ3n) is 6.07. The highest BCUT2D eigenvalue weighted by molar-refractivity contribution is 6.06. The number of aliphatic carboxylic acids is 1. The molecule has 0 aromatic heterocycles. The van der Waals surface area contributed by atoms with Gasteiger partial charge in [-0.2, -0.15) is 0 Å². The lowest BCUT2D eigenvalue weighted by Gasteiger charge is -2.36. The van der Waals surface area contributed by atoms with Crippen LogP contribution in [0.3, 0.4) is 0 Å². The molecule has 0 spiro atoms. The molecule has 0 amide bonds. The fourth-order valence-electron chi connectivity index (χ4n) is 4.33. The van der Waals surface area contributed by atoms with Gasteiger partial charge in [-0.1, -0.05) is 48.5 Å². The van der Waals surface area contributed by atoms with Crippen molar-refractivity contribution in [3.63, 3.8) is 0 Å². The van der Waals surface area contributed by atoms with Crippen LogP contribution in [0.2, 0.25) is 0 Å². The zero-order valence-corrected chi connectivity index (χ0v) is 17.1. The Labute approximate surface area is 180 Å². The molecular formula is C26H23FN2O2. The average molecular weight is 414 g/mol. The Morgan fingerprint density at radius 2 is 1.77 bits per heavy atom. The Morgan fingerprint density at radius 3 is 2.52 bits per heavy atom. The molecular weight excluding hydrogens is 391 g/mol. The van der Waals surface area contributed by atoms with Gasteiger partial charge >= 0.3 is 5.97 Å². The number of benzene rings is 3. The molecule has 0 bridgehead atoms. The molecule has 5 heteroatoms. The van der Waals surface area contributed by atoms with Crippen molar-refractivity contribution in [2.75, 3.05) is 13.1 Å². The highest BCUT2D eigenvalue weighted by Crippen LogP contribution is 2.31. The van der Waals surface area contributed by atoms with Gasteiger partial charge in [0.1, 0.15) is 5.82 Å². The van der Waals surface area contributed by atoms with Crippen LogP contribution >= 0.6 is 0 Å². The first-order valence-corrected chi connectivity index (χ1v) is 10.5. The van der Waals surface area contributed by atoms with E-state index >= 15 is 0 Å². The number of likely N-dealkylation sites (tertiary alicyclic amines) is 1. The molecule has 0 atom stereocenters. The number of hydrogen-bond donors (Lipinski definition) is 1. The van der Waals surface area contributed by atoms with E-state index in [1.54, 1.807) is 12.1 Å². The van der Waals surface area contributed by atoms with E-state index in [0.29, 0.717) is 31.6 Å².